The molecule has 27 heavy (non-hydrogen) atoms. The van der Waals surface area contributed by atoms with E-state index in [1.165, 1.54) is 10.9 Å². The van der Waals surface area contributed by atoms with Crippen LogP contribution in [0.25, 0.3) is 11.2 Å². The van der Waals surface area contributed by atoms with Gasteiger partial charge >= 0.3 is 0 Å². The van der Waals surface area contributed by atoms with Crippen LogP contribution in [0, 0.1) is 5.82 Å². The highest BCUT2D eigenvalue weighted by atomic mass is 19.1. The molecule has 0 spiro atoms. The van der Waals surface area contributed by atoms with E-state index >= 15 is 0 Å². The van der Waals surface area contributed by atoms with E-state index in [-0.39, 0.29) is 23.9 Å². The maximum Gasteiger partial charge on any atom is 0.207 e. The van der Waals surface area contributed by atoms with E-state index < -0.39 is 0 Å². The Morgan fingerprint density at radius 1 is 1.19 bits per heavy atom. The van der Waals surface area contributed by atoms with Crippen molar-refractivity contribution in [3.05, 3.63) is 41.5 Å². The normalized spacial score (nSPS) is 17.8. The maximum atomic E-state index is 14.0. The summed E-state index contributed by atoms with van der Waals surface area (Å²) in [6, 6.07) is 6.58. The van der Waals surface area contributed by atoms with Crippen molar-refractivity contribution >= 4 is 17.0 Å². The Labute approximate surface area is 156 Å². The molecule has 0 aliphatic carbocycles. The minimum absolute atomic E-state index is 0.218. The van der Waals surface area contributed by atoms with Crippen LogP contribution in [0.15, 0.2) is 24.3 Å². The first-order valence-electron chi connectivity index (χ1n) is 9.11. The first kappa shape index (κ1) is 17.8. The number of aromatic nitrogens is 5. The highest BCUT2D eigenvalue weighted by Gasteiger charge is 2.28. The lowest BCUT2D eigenvalue weighted by Crippen LogP contribution is -2.25. The van der Waals surface area contributed by atoms with Crippen LogP contribution in [-0.2, 0) is 12.0 Å². The molecule has 1 N–H and O–H groups in total. The van der Waals surface area contributed by atoms with Crippen molar-refractivity contribution in [1.29, 1.82) is 0 Å². The van der Waals surface area contributed by atoms with Gasteiger partial charge in [0.1, 0.15) is 11.6 Å². The van der Waals surface area contributed by atoms with Crippen molar-refractivity contribution in [2.75, 3.05) is 18.0 Å². The van der Waals surface area contributed by atoms with Crippen LogP contribution >= 0.6 is 0 Å². The Bertz CT molecular complexity index is 980. The maximum absolute atomic E-state index is 14.0. The number of halogens is 1. The molecule has 0 bridgehead atoms. The Morgan fingerprint density at radius 2 is 1.96 bits per heavy atom. The Kier molecular flexibility index (Phi) is 4.30. The number of rotatable bonds is 3. The number of benzene rings is 1. The number of β-amino-alcohol motifs (C(OH)–C–C–N with tert-alkyl or cyclic N) is 1. The average Bonchev–Trinajstić information content (AvgIpc) is 3.21. The summed E-state index contributed by atoms with van der Waals surface area (Å²) in [5.41, 5.74) is 1.33. The highest BCUT2D eigenvalue weighted by molar-refractivity contribution is 5.82. The third kappa shape index (κ3) is 3.49. The second-order valence-corrected chi connectivity index (χ2v) is 8.00. The number of hydrogen-bond acceptors (Lipinski definition) is 6. The van der Waals surface area contributed by atoms with Crippen molar-refractivity contribution in [2.45, 2.75) is 45.3 Å². The molecular formula is C19H23FN6O. The average molecular weight is 370 g/mol. The molecule has 1 saturated heterocycles. The fourth-order valence-electron chi connectivity index (χ4n) is 3.18. The molecule has 1 atom stereocenters. The molecule has 3 aromatic rings. The number of nitrogens with zero attached hydrogens (tertiary/aromatic N) is 6. The van der Waals surface area contributed by atoms with Crippen molar-refractivity contribution in [3.8, 4) is 0 Å². The summed E-state index contributed by atoms with van der Waals surface area (Å²) in [5, 5.41) is 18.9. The molecule has 142 valence electrons. The summed E-state index contributed by atoms with van der Waals surface area (Å²) in [4.78, 5) is 12.8. The van der Waals surface area contributed by atoms with Gasteiger partial charge in [0, 0.05) is 24.1 Å². The zero-order valence-electron chi connectivity index (χ0n) is 15.7. The summed E-state index contributed by atoms with van der Waals surface area (Å²) in [7, 11) is 0. The van der Waals surface area contributed by atoms with Crippen molar-refractivity contribution in [1.82, 2.24) is 25.0 Å². The molecule has 7 nitrogen and oxygen atoms in total. The van der Waals surface area contributed by atoms with Crippen molar-refractivity contribution in [2.24, 2.45) is 0 Å². The minimum Gasteiger partial charge on any atom is -0.391 e. The standard InChI is InChI=1S/C19H23FN6O/c1-19(2,3)18-21-16-15(17(22-18)25-9-8-13(27)11-25)23-26(24-16)10-12-6-4-5-7-14(12)20/h4-7,13,27H,8-11H2,1-3H3/t13-/m0/s1. The number of anilines is 1. The second-order valence-electron chi connectivity index (χ2n) is 8.00. The molecule has 2 aromatic heterocycles. The highest BCUT2D eigenvalue weighted by Crippen LogP contribution is 2.28. The van der Waals surface area contributed by atoms with Gasteiger partial charge in [-0.1, -0.05) is 39.0 Å². The summed E-state index contributed by atoms with van der Waals surface area (Å²) >= 11 is 0. The zero-order valence-corrected chi connectivity index (χ0v) is 15.7. The fraction of sp³-hybridized carbons (Fsp3) is 0.474. The van der Waals surface area contributed by atoms with Crippen LogP contribution in [0.1, 0.15) is 38.6 Å². The van der Waals surface area contributed by atoms with E-state index in [0.29, 0.717) is 47.9 Å². The minimum atomic E-state index is -0.374. The van der Waals surface area contributed by atoms with Gasteiger partial charge in [-0.2, -0.15) is 4.80 Å². The van der Waals surface area contributed by atoms with Crippen LogP contribution in [0.5, 0.6) is 0 Å². The van der Waals surface area contributed by atoms with Gasteiger partial charge in [-0.25, -0.2) is 14.4 Å². The van der Waals surface area contributed by atoms with Crippen LogP contribution in [0.3, 0.4) is 0 Å². The molecule has 1 aromatic carbocycles. The van der Waals surface area contributed by atoms with Gasteiger partial charge in [0.15, 0.2) is 11.3 Å². The number of aliphatic hydroxyl groups excluding tert-OH is 1. The van der Waals surface area contributed by atoms with E-state index in [1.54, 1.807) is 18.2 Å². The topological polar surface area (TPSA) is 80.0 Å². The first-order valence-corrected chi connectivity index (χ1v) is 9.11. The molecule has 8 heteroatoms. The number of fused-ring (bicyclic) bond motifs is 1. The summed E-state index contributed by atoms with van der Waals surface area (Å²) < 4.78 is 14.0. The molecule has 0 radical (unpaired) electrons. The van der Waals surface area contributed by atoms with E-state index in [4.69, 9.17) is 4.98 Å². The van der Waals surface area contributed by atoms with Crippen LogP contribution in [0.2, 0.25) is 0 Å². The molecule has 3 heterocycles. The van der Waals surface area contributed by atoms with Gasteiger partial charge in [0.25, 0.3) is 0 Å². The Balaban J connectivity index is 1.80. The summed E-state index contributed by atoms with van der Waals surface area (Å²) in [5.74, 6) is 1.06. The third-order valence-corrected chi connectivity index (χ3v) is 4.68. The predicted molar refractivity (Wildman–Crippen MR) is 100 cm³/mol. The molecule has 1 fully saturated rings. The largest absolute Gasteiger partial charge is 0.391 e. The number of aliphatic hydroxyl groups is 1. The zero-order chi connectivity index (χ0) is 19.2. The van der Waals surface area contributed by atoms with E-state index in [1.807, 2.05) is 25.7 Å². The molecular weight excluding hydrogens is 347 g/mol. The van der Waals surface area contributed by atoms with Gasteiger partial charge in [-0.15, -0.1) is 10.2 Å². The Hall–Kier alpha value is -2.61. The van der Waals surface area contributed by atoms with Gasteiger partial charge in [-0.05, 0) is 12.5 Å². The summed E-state index contributed by atoms with van der Waals surface area (Å²) in [6.45, 7) is 7.56. The SMILES string of the molecule is CC(C)(C)c1nc(N2CC[C@H](O)C2)c2nn(Cc3ccccc3F)nc2n1. The number of hydrogen-bond donors (Lipinski definition) is 1. The molecule has 0 amide bonds. The lowest BCUT2D eigenvalue weighted by molar-refractivity contribution is 0.198. The second kappa shape index (κ2) is 6.53. The van der Waals surface area contributed by atoms with Gasteiger partial charge in [0.2, 0.25) is 5.65 Å². The third-order valence-electron chi connectivity index (χ3n) is 4.68. The predicted octanol–water partition coefficient (Wildman–Crippen LogP) is 2.28. The quantitative estimate of drug-likeness (QED) is 0.762. The lowest BCUT2D eigenvalue weighted by Gasteiger charge is -2.21. The van der Waals surface area contributed by atoms with E-state index in [2.05, 4.69) is 15.2 Å². The monoisotopic (exact) mass is 370 g/mol. The van der Waals surface area contributed by atoms with Crippen molar-refractivity contribution in [3.63, 3.8) is 0 Å². The van der Waals surface area contributed by atoms with Crippen LogP contribution < -0.4 is 4.90 Å². The lowest BCUT2D eigenvalue weighted by atomic mass is 9.96. The van der Waals surface area contributed by atoms with Crippen LogP contribution in [-0.4, -0.2) is 49.3 Å². The summed E-state index contributed by atoms with van der Waals surface area (Å²) in [6.07, 6.45) is 0.321. The molecule has 1 aliphatic rings. The Morgan fingerprint density at radius 3 is 2.63 bits per heavy atom. The first-order chi connectivity index (χ1) is 12.8. The molecule has 4 rings (SSSR count). The molecule has 0 saturated carbocycles. The fourth-order valence-corrected chi connectivity index (χ4v) is 3.18. The molecule has 1 aliphatic heterocycles. The van der Waals surface area contributed by atoms with Crippen molar-refractivity contribution < 1.29 is 9.50 Å². The van der Waals surface area contributed by atoms with Gasteiger partial charge in [-0.3, -0.25) is 0 Å². The van der Waals surface area contributed by atoms with Crippen LogP contribution in [0.4, 0.5) is 10.2 Å². The smallest absolute Gasteiger partial charge is 0.207 e. The van der Waals surface area contributed by atoms with E-state index in [9.17, 15) is 9.50 Å². The molecule has 0 unspecified atom stereocenters. The van der Waals surface area contributed by atoms with Gasteiger partial charge in [0.05, 0.1) is 12.6 Å². The van der Waals surface area contributed by atoms with E-state index in [0.717, 1.165) is 0 Å². The van der Waals surface area contributed by atoms with Gasteiger partial charge < -0.3 is 10.0 Å².